The summed E-state index contributed by atoms with van der Waals surface area (Å²) in [5.41, 5.74) is 6.06. The molecule has 2 aromatic rings. The largest absolute Gasteiger partial charge is 0.467 e. The van der Waals surface area contributed by atoms with Crippen LogP contribution in [0.15, 0.2) is 30.6 Å². The predicted molar refractivity (Wildman–Crippen MR) is 80.3 cm³/mol. The van der Waals surface area contributed by atoms with Crippen molar-refractivity contribution in [3.05, 3.63) is 42.0 Å². The van der Waals surface area contributed by atoms with Gasteiger partial charge in [0.2, 0.25) is 0 Å². The SMILES string of the molecule is COc1ncc(-c2cccc(COC(=O)CC(=N)N)c2F)cn1. The van der Waals surface area contributed by atoms with Gasteiger partial charge in [-0.05, 0) is 0 Å². The van der Waals surface area contributed by atoms with Crippen LogP contribution in [0.2, 0.25) is 0 Å². The highest BCUT2D eigenvalue weighted by Crippen LogP contribution is 2.25. The number of nitrogens with two attached hydrogens (primary N) is 1. The number of hydrogen-bond donors (Lipinski definition) is 2. The number of halogens is 1. The Labute approximate surface area is 131 Å². The van der Waals surface area contributed by atoms with Crippen molar-refractivity contribution in [1.82, 2.24) is 9.97 Å². The van der Waals surface area contributed by atoms with Gasteiger partial charge in [0.05, 0.1) is 7.11 Å². The van der Waals surface area contributed by atoms with E-state index in [1.54, 1.807) is 12.1 Å². The molecule has 23 heavy (non-hydrogen) atoms. The van der Waals surface area contributed by atoms with Gasteiger partial charge in [0.25, 0.3) is 0 Å². The number of aromatic nitrogens is 2. The molecule has 2 rings (SSSR count). The molecular formula is C15H15FN4O3. The Balaban J connectivity index is 2.17. The van der Waals surface area contributed by atoms with Gasteiger partial charge in [-0.25, -0.2) is 14.4 Å². The number of nitrogens with one attached hydrogen (secondary N) is 1. The van der Waals surface area contributed by atoms with Gasteiger partial charge in [-0.2, -0.15) is 0 Å². The summed E-state index contributed by atoms with van der Waals surface area (Å²) in [5.74, 6) is -1.52. The van der Waals surface area contributed by atoms with Gasteiger partial charge >= 0.3 is 12.0 Å². The zero-order chi connectivity index (χ0) is 16.8. The minimum absolute atomic E-state index is 0.184. The van der Waals surface area contributed by atoms with Crippen molar-refractivity contribution in [2.45, 2.75) is 13.0 Å². The molecule has 120 valence electrons. The zero-order valence-electron chi connectivity index (χ0n) is 12.4. The second-order valence-electron chi connectivity index (χ2n) is 4.60. The van der Waals surface area contributed by atoms with Crippen LogP contribution in [-0.4, -0.2) is 28.9 Å². The number of benzene rings is 1. The van der Waals surface area contributed by atoms with E-state index in [0.717, 1.165) is 0 Å². The molecule has 0 unspecified atom stereocenters. The third kappa shape index (κ3) is 4.22. The second-order valence-corrected chi connectivity index (χ2v) is 4.60. The first-order valence-electron chi connectivity index (χ1n) is 6.63. The highest BCUT2D eigenvalue weighted by Gasteiger charge is 2.13. The van der Waals surface area contributed by atoms with Gasteiger partial charge < -0.3 is 15.2 Å². The first-order valence-corrected chi connectivity index (χ1v) is 6.63. The van der Waals surface area contributed by atoms with Gasteiger partial charge in [0, 0.05) is 29.1 Å². The fraction of sp³-hybridized carbons (Fsp3) is 0.200. The van der Waals surface area contributed by atoms with Crippen LogP contribution in [-0.2, 0) is 16.1 Å². The van der Waals surface area contributed by atoms with E-state index in [1.165, 1.54) is 25.6 Å². The van der Waals surface area contributed by atoms with E-state index in [-0.39, 0.29) is 36.0 Å². The number of ether oxygens (including phenoxy) is 2. The molecular weight excluding hydrogens is 303 g/mol. The maximum Gasteiger partial charge on any atom is 0.316 e. The molecule has 0 saturated carbocycles. The second kappa shape index (κ2) is 7.30. The van der Waals surface area contributed by atoms with Crippen LogP contribution >= 0.6 is 0 Å². The topological polar surface area (TPSA) is 111 Å². The number of esters is 1. The van der Waals surface area contributed by atoms with E-state index in [9.17, 15) is 9.18 Å². The molecule has 0 fully saturated rings. The van der Waals surface area contributed by atoms with Gasteiger partial charge in [-0.1, -0.05) is 18.2 Å². The number of carbonyl (C=O) groups is 1. The lowest BCUT2D eigenvalue weighted by atomic mass is 10.1. The minimum atomic E-state index is -0.685. The summed E-state index contributed by atoms with van der Waals surface area (Å²) in [6.45, 7) is -0.247. The molecule has 8 heteroatoms. The van der Waals surface area contributed by atoms with E-state index in [2.05, 4.69) is 9.97 Å². The highest BCUT2D eigenvalue weighted by atomic mass is 19.1. The molecule has 1 heterocycles. The van der Waals surface area contributed by atoms with E-state index >= 15 is 0 Å². The third-order valence-electron chi connectivity index (χ3n) is 2.92. The van der Waals surface area contributed by atoms with E-state index in [4.69, 9.17) is 20.6 Å². The van der Waals surface area contributed by atoms with Crippen molar-refractivity contribution in [3.63, 3.8) is 0 Å². The van der Waals surface area contributed by atoms with Crippen LogP contribution in [0.1, 0.15) is 12.0 Å². The summed E-state index contributed by atoms with van der Waals surface area (Å²) in [6, 6.07) is 4.89. The lowest BCUT2D eigenvalue weighted by molar-refractivity contribution is -0.143. The van der Waals surface area contributed by atoms with Gasteiger partial charge in [0.15, 0.2) is 0 Å². The minimum Gasteiger partial charge on any atom is -0.467 e. The van der Waals surface area contributed by atoms with Crippen molar-refractivity contribution in [2.75, 3.05) is 7.11 Å². The average Bonchev–Trinajstić information content (AvgIpc) is 2.53. The molecule has 0 saturated heterocycles. The number of methoxy groups -OCH3 is 1. The molecule has 7 nitrogen and oxygen atoms in total. The average molecular weight is 318 g/mol. The first kappa shape index (κ1) is 16.3. The van der Waals surface area contributed by atoms with Crippen LogP contribution in [0.4, 0.5) is 4.39 Å². The Morgan fingerprint density at radius 3 is 2.65 bits per heavy atom. The molecule has 0 aliphatic rings. The standard InChI is InChI=1S/C15H15FN4O3/c1-22-15-19-6-10(7-20-15)11-4-2-3-9(14(11)16)8-23-13(21)5-12(17)18/h2-4,6-7H,5,8H2,1H3,(H3,17,18). The normalized spacial score (nSPS) is 10.2. The summed E-state index contributed by atoms with van der Waals surface area (Å²) in [7, 11) is 1.44. The summed E-state index contributed by atoms with van der Waals surface area (Å²) < 4.78 is 24.3. The maximum atomic E-state index is 14.5. The molecule has 3 N–H and O–H groups in total. The predicted octanol–water partition coefficient (Wildman–Crippen LogP) is 1.66. The smallest absolute Gasteiger partial charge is 0.316 e. The number of amidine groups is 1. The van der Waals surface area contributed by atoms with Gasteiger partial charge in [0.1, 0.15) is 24.7 Å². The van der Waals surface area contributed by atoms with Crippen molar-refractivity contribution in [3.8, 4) is 17.1 Å². The Hall–Kier alpha value is -3.03. The number of nitrogens with zero attached hydrogens (tertiary/aromatic N) is 2. The molecule has 0 aliphatic carbocycles. The Bertz CT molecular complexity index is 719. The number of hydrogen-bond acceptors (Lipinski definition) is 6. The van der Waals surface area contributed by atoms with Crippen LogP contribution in [0, 0.1) is 11.2 Å². The lowest BCUT2D eigenvalue weighted by Crippen LogP contribution is -2.17. The molecule has 0 spiro atoms. The molecule has 0 radical (unpaired) electrons. The van der Waals surface area contributed by atoms with Crippen molar-refractivity contribution < 1.29 is 18.7 Å². The van der Waals surface area contributed by atoms with Crippen molar-refractivity contribution in [2.24, 2.45) is 5.73 Å². The molecule has 0 bridgehead atoms. The fourth-order valence-electron chi connectivity index (χ4n) is 1.84. The Kier molecular flexibility index (Phi) is 5.19. The van der Waals surface area contributed by atoms with E-state index in [1.807, 2.05) is 0 Å². The van der Waals surface area contributed by atoms with E-state index in [0.29, 0.717) is 5.56 Å². The van der Waals surface area contributed by atoms with Crippen LogP contribution in [0.3, 0.4) is 0 Å². The molecule has 1 aromatic carbocycles. The molecule has 1 aromatic heterocycles. The van der Waals surface area contributed by atoms with Crippen LogP contribution in [0.25, 0.3) is 11.1 Å². The summed E-state index contributed by atoms with van der Waals surface area (Å²) in [4.78, 5) is 19.2. The van der Waals surface area contributed by atoms with E-state index < -0.39 is 11.8 Å². The Morgan fingerprint density at radius 2 is 2.04 bits per heavy atom. The molecule has 0 amide bonds. The van der Waals surface area contributed by atoms with Crippen molar-refractivity contribution >= 4 is 11.8 Å². The molecule has 0 aliphatic heterocycles. The molecule has 0 atom stereocenters. The van der Waals surface area contributed by atoms with Crippen LogP contribution < -0.4 is 10.5 Å². The zero-order valence-corrected chi connectivity index (χ0v) is 12.4. The van der Waals surface area contributed by atoms with Gasteiger partial charge in [-0.3, -0.25) is 10.2 Å². The summed E-state index contributed by atoms with van der Waals surface area (Å²) in [5, 5.41) is 7.01. The number of rotatable bonds is 6. The van der Waals surface area contributed by atoms with Crippen molar-refractivity contribution in [1.29, 1.82) is 5.41 Å². The van der Waals surface area contributed by atoms with Gasteiger partial charge in [-0.15, -0.1) is 0 Å². The quantitative estimate of drug-likeness (QED) is 0.476. The Morgan fingerprint density at radius 1 is 1.35 bits per heavy atom. The third-order valence-corrected chi connectivity index (χ3v) is 2.92. The monoisotopic (exact) mass is 318 g/mol. The fourth-order valence-corrected chi connectivity index (χ4v) is 1.84. The lowest BCUT2D eigenvalue weighted by Gasteiger charge is -2.09. The van der Waals surface area contributed by atoms with Crippen LogP contribution in [0.5, 0.6) is 6.01 Å². The highest BCUT2D eigenvalue weighted by molar-refractivity contribution is 5.94. The number of carbonyl (C=O) groups excluding carboxylic acids is 1. The maximum absolute atomic E-state index is 14.5. The summed E-state index contributed by atoms with van der Waals surface area (Å²) in [6.07, 6.45) is 2.55. The first-order chi connectivity index (χ1) is 11.0. The summed E-state index contributed by atoms with van der Waals surface area (Å²) >= 11 is 0.